The fraction of sp³-hybridized carbons (Fsp3) is 0.800. The Kier molecular flexibility index (Phi) is 3.06. The molecule has 60 valence electrons. The van der Waals surface area contributed by atoms with Gasteiger partial charge in [-0.2, -0.15) is 0 Å². The Morgan fingerprint density at radius 3 is 2.20 bits per heavy atom. The van der Waals surface area contributed by atoms with Crippen molar-refractivity contribution in [1.29, 1.82) is 0 Å². The van der Waals surface area contributed by atoms with Crippen molar-refractivity contribution < 1.29 is 14.5 Å². The van der Waals surface area contributed by atoms with Crippen LogP contribution in [0.3, 0.4) is 0 Å². The summed E-state index contributed by atoms with van der Waals surface area (Å²) in [5.41, 5.74) is 5.13. The molecule has 0 aliphatic carbocycles. The average molecular weight is 165 g/mol. The second kappa shape index (κ2) is 3.17. The first-order valence-corrected chi connectivity index (χ1v) is 5.64. The lowest BCUT2D eigenvalue weighted by Crippen LogP contribution is -2.33. The van der Waals surface area contributed by atoms with E-state index in [-0.39, 0.29) is 6.16 Å². The van der Waals surface area contributed by atoms with Crippen LogP contribution >= 0.6 is 7.14 Å². The lowest BCUT2D eigenvalue weighted by Gasteiger charge is -2.09. The highest BCUT2D eigenvalue weighted by atomic mass is 31.2. The Labute approximate surface area is 59.8 Å². The van der Waals surface area contributed by atoms with E-state index in [1.54, 1.807) is 0 Å². The molecule has 0 aromatic rings. The van der Waals surface area contributed by atoms with Crippen LogP contribution in [0.1, 0.15) is 0 Å². The molecule has 0 spiro atoms. The van der Waals surface area contributed by atoms with Crippen LogP contribution in [0.25, 0.3) is 0 Å². The molecular weight excluding hydrogens is 153 g/mol. The third-order valence-electron chi connectivity index (χ3n) is 0.954. The molecule has 0 bridgehead atoms. The summed E-state index contributed by atoms with van der Waals surface area (Å²) in [7, 11) is -2.28. The van der Waals surface area contributed by atoms with E-state index < -0.39 is 19.2 Å². The van der Waals surface area contributed by atoms with Crippen LogP contribution < -0.4 is 5.73 Å². The summed E-state index contributed by atoms with van der Waals surface area (Å²) in [5.74, 6) is -1.09. The third kappa shape index (κ3) is 4.53. The SMILES string of the molecule is CP(C)(=O)CC(N)C(=O)O. The summed E-state index contributed by atoms with van der Waals surface area (Å²) < 4.78 is 11.0. The lowest BCUT2D eigenvalue weighted by molar-refractivity contribution is -0.137. The standard InChI is InChI=1S/C5H12NO3P/c1-10(2,9)3-4(6)5(7)8/h4H,3,6H2,1-2H3,(H,7,8). The predicted octanol–water partition coefficient (Wildman–Crippen LogP) is 0.0210. The van der Waals surface area contributed by atoms with Crippen LogP contribution in [-0.4, -0.2) is 36.6 Å². The molecule has 0 rings (SSSR count). The van der Waals surface area contributed by atoms with E-state index in [1.165, 1.54) is 13.3 Å². The Bertz CT molecular complexity index is 174. The molecule has 0 fully saturated rings. The predicted molar refractivity (Wildman–Crippen MR) is 39.9 cm³/mol. The van der Waals surface area contributed by atoms with Crippen LogP contribution in [0, 0.1) is 0 Å². The molecule has 1 atom stereocenters. The van der Waals surface area contributed by atoms with Crippen LogP contribution in [0.2, 0.25) is 0 Å². The van der Waals surface area contributed by atoms with Crippen LogP contribution in [0.15, 0.2) is 0 Å². The quantitative estimate of drug-likeness (QED) is 0.577. The minimum Gasteiger partial charge on any atom is -0.480 e. The average Bonchev–Trinajstić information content (AvgIpc) is 1.60. The number of hydrogen-bond donors (Lipinski definition) is 2. The Balaban J connectivity index is 3.93. The van der Waals surface area contributed by atoms with Gasteiger partial charge in [-0.05, 0) is 13.3 Å². The Hall–Kier alpha value is -0.340. The second-order valence-corrected chi connectivity index (χ2v) is 6.21. The molecule has 0 radical (unpaired) electrons. The largest absolute Gasteiger partial charge is 0.480 e. The summed E-state index contributed by atoms with van der Waals surface area (Å²) in [4.78, 5) is 10.1. The van der Waals surface area contributed by atoms with Gasteiger partial charge in [0.05, 0.1) is 7.14 Å². The smallest absolute Gasteiger partial charge is 0.320 e. The zero-order valence-corrected chi connectivity index (χ0v) is 6.97. The van der Waals surface area contributed by atoms with Crippen LogP contribution in [0.4, 0.5) is 0 Å². The van der Waals surface area contributed by atoms with Gasteiger partial charge in [0.2, 0.25) is 0 Å². The molecule has 0 aromatic heterocycles. The van der Waals surface area contributed by atoms with Gasteiger partial charge in [-0.15, -0.1) is 0 Å². The Morgan fingerprint density at radius 2 is 2.10 bits per heavy atom. The zero-order chi connectivity index (χ0) is 8.36. The number of carboxylic acid groups (broad SMARTS) is 1. The monoisotopic (exact) mass is 165 g/mol. The highest BCUT2D eigenvalue weighted by molar-refractivity contribution is 7.62. The minimum absolute atomic E-state index is 0.0718. The number of hydrogen-bond acceptors (Lipinski definition) is 3. The molecule has 3 N–H and O–H groups in total. The summed E-state index contributed by atoms with van der Waals surface area (Å²) in [6, 6.07) is -0.985. The molecule has 0 saturated carbocycles. The summed E-state index contributed by atoms with van der Waals surface area (Å²) >= 11 is 0. The van der Waals surface area contributed by atoms with E-state index in [2.05, 4.69) is 0 Å². The molecule has 5 heteroatoms. The van der Waals surface area contributed by atoms with Crippen molar-refractivity contribution >= 4 is 13.1 Å². The first-order valence-electron chi connectivity index (χ1n) is 2.85. The highest BCUT2D eigenvalue weighted by Crippen LogP contribution is 2.35. The van der Waals surface area contributed by atoms with Gasteiger partial charge in [-0.3, -0.25) is 4.79 Å². The van der Waals surface area contributed by atoms with E-state index >= 15 is 0 Å². The van der Waals surface area contributed by atoms with Crippen molar-refractivity contribution in [3.63, 3.8) is 0 Å². The molecule has 0 saturated heterocycles. The molecule has 1 unspecified atom stereocenters. The van der Waals surface area contributed by atoms with E-state index in [4.69, 9.17) is 10.8 Å². The molecule has 0 aromatic carbocycles. The third-order valence-corrected chi connectivity index (χ3v) is 2.23. The number of nitrogens with two attached hydrogens (primary N) is 1. The van der Waals surface area contributed by atoms with Crippen molar-refractivity contribution in [3.8, 4) is 0 Å². The van der Waals surface area contributed by atoms with Gasteiger partial charge >= 0.3 is 5.97 Å². The molecule has 0 amide bonds. The van der Waals surface area contributed by atoms with Gasteiger partial charge < -0.3 is 15.4 Å². The highest BCUT2D eigenvalue weighted by Gasteiger charge is 2.18. The number of carbonyl (C=O) groups is 1. The van der Waals surface area contributed by atoms with Crippen molar-refractivity contribution in [2.75, 3.05) is 19.5 Å². The van der Waals surface area contributed by atoms with E-state index in [0.717, 1.165) is 0 Å². The fourth-order valence-corrected chi connectivity index (χ4v) is 1.66. The summed E-state index contributed by atoms with van der Waals surface area (Å²) in [6.45, 7) is 3.05. The van der Waals surface area contributed by atoms with Gasteiger partial charge in [0.15, 0.2) is 0 Å². The zero-order valence-electron chi connectivity index (χ0n) is 6.07. The number of carboxylic acids is 1. The van der Waals surface area contributed by atoms with Crippen molar-refractivity contribution in [1.82, 2.24) is 0 Å². The van der Waals surface area contributed by atoms with Gasteiger partial charge in [-0.1, -0.05) is 0 Å². The molecule has 10 heavy (non-hydrogen) atoms. The lowest BCUT2D eigenvalue weighted by atomic mass is 10.4. The second-order valence-electron chi connectivity index (χ2n) is 2.70. The molecule has 0 aliphatic heterocycles. The molecule has 0 heterocycles. The maximum atomic E-state index is 11.0. The maximum absolute atomic E-state index is 11.0. The Morgan fingerprint density at radius 1 is 1.70 bits per heavy atom. The van der Waals surface area contributed by atoms with E-state index in [0.29, 0.717) is 0 Å². The van der Waals surface area contributed by atoms with E-state index in [9.17, 15) is 9.36 Å². The summed E-state index contributed by atoms with van der Waals surface area (Å²) in [6.07, 6.45) is 0.0718. The fourth-order valence-electron chi connectivity index (χ4n) is 0.552. The minimum atomic E-state index is -2.28. The van der Waals surface area contributed by atoms with Crippen molar-refractivity contribution in [2.24, 2.45) is 5.73 Å². The maximum Gasteiger partial charge on any atom is 0.320 e. The van der Waals surface area contributed by atoms with Crippen LogP contribution in [-0.2, 0) is 9.36 Å². The first kappa shape index (κ1) is 9.66. The van der Waals surface area contributed by atoms with E-state index in [1.807, 2.05) is 0 Å². The van der Waals surface area contributed by atoms with Crippen molar-refractivity contribution in [2.45, 2.75) is 6.04 Å². The normalized spacial score (nSPS) is 14.7. The topological polar surface area (TPSA) is 80.4 Å². The van der Waals surface area contributed by atoms with Gasteiger partial charge in [0.25, 0.3) is 0 Å². The van der Waals surface area contributed by atoms with Gasteiger partial charge in [-0.25, -0.2) is 0 Å². The number of rotatable bonds is 3. The number of aliphatic carboxylic acids is 1. The van der Waals surface area contributed by atoms with Crippen LogP contribution in [0.5, 0.6) is 0 Å². The van der Waals surface area contributed by atoms with Crippen molar-refractivity contribution in [3.05, 3.63) is 0 Å². The summed E-state index contributed by atoms with van der Waals surface area (Å²) in [5, 5.41) is 8.30. The van der Waals surface area contributed by atoms with Gasteiger partial charge in [0, 0.05) is 6.16 Å². The molecule has 0 aliphatic rings. The van der Waals surface area contributed by atoms with Gasteiger partial charge in [0.1, 0.15) is 6.04 Å². The first-order chi connectivity index (χ1) is 4.33. The molecule has 4 nitrogen and oxygen atoms in total. The molecular formula is C5H12NO3P.